The van der Waals surface area contributed by atoms with E-state index in [9.17, 15) is 15.0 Å². The van der Waals surface area contributed by atoms with Gasteiger partial charge in [0.25, 0.3) is 5.91 Å². The number of aryl methyl sites for hydroxylation is 1. The molecule has 6 heteroatoms. The number of rotatable bonds is 2. The van der Waals surface area contributed by atoms with Crippen molar-refractivity contribution in [3.8, 4) is 5.75 Å². The molecule has 1 aromatic rings. The van der Waals surface area contributed by atoms with E-state index in [2.05, 4.69) is 21.2 Å². The highest BCUT2D eigenvalue weighted by atomic mass is 79.9. The molecule has 1 aliphatic rings. The standard InChI is InChI=1S/C13H16BrNO4/c1-7-4-12(17)8(5-9(7)14)13(18)15-10-6-19-3-2-11(10)16/h4-5,10-11,16-17H,2-3,6H2,1H3,(H,15,18)/t10-,11-/m0/s1. The molecule has 0 saturated carbocycles. The molecule has 0 aromatic heterocycles. The van der Waals surface area contributed by atoms with Gasteiger partial charge in [0, 0.05) is 11.1 Å². The van der Waals surface area contributed by atoms with Gasteiger partial charge in [0.15, 0.2) is 0 Å². The van der Waals surface area contributed by atoms with Gasteiger partial charge >= 0.3 is 0 Å². The zero-order chi connectivity index (χ0) is 14.0. The third kappa shape index (κ3) is 3.26. The predicted molar refractivity (Wildman–Crippen MR) is 73.2 cm³/mol. The molecule has 1 aromatic carbocycles. The van der Waals surface area contributed by atoms with E-state index in [4.69, 9.17) is 4.74 Å². The van der Waals surface area contributed by atoms with Crippen LogP contribution in [0.2, 0.25) is 0 Å². The normalized spacial score (nSPS) is 23.1. The number of aliphatic hydroxyl groups excluding tert-OH is 1. The van der Waals surface area contributed by atoms with Gasteiger partial charge in [-0.25, -0.2) is 0 Å². The number of amides is 1. The summed E-state index contributed by atoms with van der Waals surface area (Å²) in [5.74, 6) is -0.503. The van der Waals surface area contributed by atoms with E-state index in [-0.39, 0.29) is 17.9 Å². The largest absolute Gasteiger partial charge is 0.507 e. The summed E-state index contributed by atoms with van der Waals surface area (Å²) >= 11 is 3.32. The van der Waals surface area contributed by atoms with Crippen molar-refractivity contribution in [3.63, 3.8) is 0 Å². The number of hydrogen-bond donors (Lipinski definition) is 3. The molecule has 2 atom stereocenters. The van der Waals surface area contributed by atoms with Gasteiger partial charge in [0.2, 0.25) is 0 Å². The number of aliphatic hydroxyl groups is 1. The molecule has 0 bridgehead atoms. The fourth-order valence-electron chi connectivity index (χ4n) is 1.96. The van der Waals surface area contributed by atoms with E-state index >= 15 is 0 Å². The van der Waals surface area contributed by atoms with E-state index in [1.807, 2.05) is 6.92 Å². The second-order valence-electron chi connectivity index (χ2n) is 4.63. The minimum Gasteiger partial charge on any atom is -0.507 e. The first kappa shape index (κ1) is 14.3. The number of ether oxygens (including phenoxy) is 1. The van der Waals surface area contributed by atoms with Gasteiger partial charge in [-0.3, -0.25) is 4.79 Å². The lowest BCUT2D eigenvalue weighted by molar-refractivity contribution is -0.0140. The minimum absolute atomic E-state index is 0.0792. The van der Waals surface area contributed by atoms with Crippen LogP contribution in [0.25, 0.3) is 0 Å². The zero-order valence-corrected chi connectivity index (χ0v) is 12.1. The van der Waals surface area contributed by atoms with Crippen LogP contribution in [0.3, 0.4) is 0 Å². The van der Waals surface area contributed by atoms with Crippen molar-refractivity contribution in [2.75, 3.05) is 13.2 Å². The van der Waals surface area contributed by atoms with Crippen LogP contribution in [0, 0.1) is 6.92 Å². The molecule has 0 spiro atoms. The summed E-state index contributed by atoms with van der Waals surface area (Å²) in [7, 11) is 0. The molecule has 2 rings (SSSR count). The summed E-state index contributed by atoms with van der Waals surface area (Å²) in [5, 5.41) is 22.3. The molecule has 19 heavy (non-hydrogen) atoms. The van der Waals surface area contributed by atoms with Crippen molar-refractivity contribution in [1.82, 2.24) is 5.32 Å². The van der Waals surface area contributed by atoms with Gasteiger partial charge in [-0.2, -0.15) is 0 Å². The van der Waals surface area contributed by atoms with Crippen LogP contribution >= 0.6 is 15.9 Å². The Morgan fingerprint density at radius 2 is 2.26 bits per heavy atom. The molecule has 0 aliphatic carbocycles. The summed E-state index contributed by atoms with van der Waals surface area (Å²) in [4.78, 5) is 12.1. The van der Waals surface area contributed by atoms with Gasteiger partial charge in [0.1, 0.15) is 5.75 Å². The second kappa shape index (κ2) is 5.90. The average Bonchev–Trinajstić information content (AvgIpc) is 2.36. The third-order valence-electron chi connectivity index (χ3n) is 3.16. The molecular weight excluding hydrogens is 314 g/mol. The Morgan fingerprint density at radius 3 is 2.95 bits per heavy atom. The zero-order valence-electron chi connectivity index (χ0n) is 10.5. The predicted octanol–water partition coefficient (Wildman–Crippen LogP) is 1.34. The monoisotopic (exact) mass is 329 g/mol. The lowest BCUT2D eigenvalue weighted by Gasteiger charge is -2.28. The summed E-state index contributed by atoms with van der Waals surface area (Å²) < 4.78 is 5.96. The van der Waals surface area contributed by atoms with Crippen molar-refractivity contribution in [2.24, 2.45) is 0 Å². The topological polar surface area (TPSA) is 78.8 Å². The third-order valence-corrected chi connectivity index (χ3v) is 4.01. The first-order valence-electron chi connectivity index (χ1n) is 6.05. The van der Waals surface area contributed by atoms with Gasteiger partial charge in [-0.05, 0) is 31.0 Å². The Kier molecular flexibility index (Phi) is 4.44. The maximum Gasteiger partial charge on any atom is 0.255 e. The van der Waals surface area contributed by atoms with Crippen LogP contribution in [0.1, 0.15) is 22.3 Å². The first-order valence-corrected chi connectivity index (χ1v) is 6.84. The van der Waals surface area contributed by atoms with Gasteiger partial charge < -0.3 is 20.3 Å². The average molecular weight is 330 g/mol. The number of halogens is 1. The number of aromatic hydroxyl groups is 1. The van der Waals surface area contributed by atoms with Crippen molar-refractivity contribution >= 4 is 21.8 Å². The molecule has 0 radical (unpaired) electrons. The van der Waals surface area contributed by atoms with Crippen LogP contribution in [-0.2, 0) is 4.74 Å². The van der Waals surface area contributed by atoms with Crippen molar-refractivity contribution in [1.29, 1.82) is 0 Å². The summed E-state index contributed by atoms with van der Waals surface area (Å²) in [6, 6.07) is 2.64. The fourth-order valence-corrected chi connectivity index (χ4v) is 2.30. The van der Waals surface area contributed by atoms with Crippen molar-refractivity contribution in [3.05, 3.63) is 27.7 Å². The maximum absolute atomic E-state index is 12.1. The molecular formula is C13H16BrNO4. The molecule has 104 valence electrons. The van der Waals surface area contributed by atoms with Gasteiger partial charge in [-0.15, -0.1) is 0 Å². The number of nitrogens with one attached hydrogen (secondary N) is 1. The maximum atomic E-state index is 12.1. The summed E-state index contributed by atoms with van der Waals surface area (Å²) in [6.45, 7) is 2.60. The van der Waals surface area contributed by atoms with E-state index in [0.717, 1.165) is 10.0 Å². The lowest BCUT2D eigenvalue weighted by Crippen LogP contribution is -2.49. The first-order chi connectivity index (χ1) is 8.99. The molecule has 1 fully saturated rings. The smallest absolute Gasteiger partial charge is 0.255 e. The Hall–Kier alpha value is -1.11. The highest BCUT2D eigenvalue weighted by Gasteiger charge is 2.26. The Labute approximate surface area is 119 Å². The van der Waals surface area contributed by atoms with Crippen LogP contribution in [0.4, 0.5) is 0 Å². The summed E-state index contributed by atoms with van der Waals surface area (Å²) in [6.07, 6.45) is -0.122. The second-order valence-corrected chi connectivity index (χ2v) is 5.48. The van der Waals surface area contributed by atoms with E-state index < -0.39 is 18.1 Å². The van der Waals surface area contributed by atoms with E-state index in [0.29, 0.717) is 13.0 Å². The minimum atomic E-state index is -0.617. The molecule has 1 saturated heterocycles. The number of carbonyl (C=O) groups is 1. The molecule has 1 heterocycles. The van der Waals surface area contributed by atoms with Crippen LogP contribution in [0.15, 0.2) is 16.6 Å². The van der Waals surface area contributed by atoms with Crippen LogP contribution < -0.4 is 5.32 Å². The Bertz CT molecular complexity index is 492. The van der Waals surface area contributed by atoms with Crippen LogP contribution in [0.5, 0.6) is 5.75 Å². The Balaban J connectivity index is 2.13. The van der Waals surface area contributed by atoms with E-state index in [1.165, 1.54) is 6.07 Å². The molecule has 1 amide bonds. The SMILES string of the molecule is Cc1cc(O)c(C(=O)N[C@H]2COCC[C@@H]2O)cc1Br. The number of phenols is 1. The van der Waals surface area contributed by atoms with Gasteiger partial charge in [0.05, 0.1) is 24.3 Å². The van der Waals surface area contributed by atoms with Gasteiger partial charge in [-0.1, -0.05) is 15.9 Å². The molecule has 1 aliphatic heterocycles. The number of carbonyl (C=O) groups excluding carboxylic acids is 1. The number of hydrogen-bond acceptors (Lipinski definition) is 4. The van der Waals surface area contributed by atoms with E-state index in [1.54, 1.807) is 6.07 Å². The highest BCUT2D eigenvalue weighted by Crippen LogP contribution is 2.26. The fraction of sp³-hybridized carbons (Fsp3) is 0.462. The lowest BCUT2D eigenvalue weighted by atomic mass is 10.1. The van der Waals surface area contributed by atoms with Crippen LogP contribution in [-0.4, -0.2) is 41.5 Å². The summed E-state index contributed by atoms with van der Waals surface area (Å²) in [5.41, 5.74) is 1.02. The molecule has 5 nitrogen and oxygen atoms in total. The van der Waals surface area contributed by atoms with Crippen molar-refractivity contribution < 1.29 is 19.7 Å². The Morgan fingerprint density at radius 1 is 1.53 bits per heavy atom. The number of benzene rings is 1. The molecule has 0 unspecified atom stereocenters. The van der Waals surface area contributed by atoms with Crippen molar-refractivity contribution in [2.45, 2.75) is 25.5 Å². The number of phenolic OH excluding ortho intramolecular Hbond substituents is 1. The molecule has 3 N–H and O–H groups in total. The quantitative estimate of drug-likeness (QED) is 0.765. The highest BCUT2D eigenvalue weighted by molar-refractivity contribution is 9.10.